The number of hydrogen-bond donors (Lipinski definition) is 1. The quantitative estimate of drug-likeness (QED) is 0.0897. The number of hydrogen-bond acceptors (Lipinski definition) is 16. The summed E-state index contributed by atoms with van der Waals surface area (Å²) in [5.74, 6) is 0. The summed E-state index contributed by atoms with van der Waals surface area (Å²) in [7, 11) is 14.0. The summed E-state index contributed by atoms with van der Waals surface area (Å²) in [5.41, 5.74) is 0. The number of nitrogens with zero attached hydrogens (tertiary/aromatic N) is 3. The van der Waals surface area contributed by atoms with E-state index < -0.39 is 35.2 Å². The molecule has 55 heavy (non-hydrogen) atoms. The molecule has 0 fully saturated rings. The van der Waals surface area contributed by atoms with Crippen LogP contribution in [0, 0.1) is 0 Å². The fraction of sp³-hybridized carbons (Fsp3) is 1.00. The van der Waals surface area contributed by atoms with E-state index in [9.17, 15) is 0 Å². The molecule has 16 nitrogen and oxygen atoms in total. The highest BCUT2D eigenvalue weighted by molar-refractivity contribution is 6.61. The van der Waals surface area contributed by atoms with Crippen molar-refractivity contribution < 1.29 is 53.1 Å². The van der Waals surface area contributed by atoms with Crippen molar-refractivity contribution >= 4 is 35.2 Å². The van der Waals surface area contributed by atoms with E-state index in [1.165, 1.54) is 0 Å². The lowest BCUT2D eigenvalue weighted by atomic mass is 10.1. The van der Waals surface area contributed by atoms with Gasteiger partial charge in [-0.15, -0.1) is 0 Å². The van der Waals surface area contributed by atoms with Gasteiger partial charge in [0.25, 0.3) is 0 Å². The first-order valence-electron chi connectivity index (χ1n) is 19.8. The van der Waals surface area contributed by atoms with Gasteiger partial charge in [0, 0.05) is 116 Å². The van der Waals surface area contributed by atoms with Crippen LogP contribution in [-0.4, -0.2) is 208 Å². The van der Waals surface area contributed by atoms with Gasteiger partial charge in [-0.1, -0.05) is 0 Å². The topological polar surface area (TPSA) is 133 Å². The largest absolute Gasteiger partial charge is 0.500 e. The molecular formula is C35H84N4O12Si4. The third-order valence-electron chi connectivity index (χ3n) is 10.9. The third-order valence-corrected chi connectivity index (χ3v) is 22.2. The van der Waals surface area contributed by atoms with Crippen molar-refractivity contribution in [3.05, 3.63) is 0 Å². The van der Waals surface area contributed by atoms with Crippen LogP contribution in [0.1, 0.15) is 51.4 Å². The highest BCUT2D eigenvalue weighted by Crippen LogP contribution is 2.20. The molecule has 1 unspecified atom stereocenters. The zero-order chi connectivity index (χ0) is 41.6. The zero-order valence-electron chi connectivity index (χ0n) is 37.5. The van der Waals surface area contributed by atoms with Crippen LogP contribution in [0.2, 0.25) is 24.2 Å². The Bertz CT molecular complexity index is 839. The predicted octanol–water partition coefficient (Wildman–Crippen LogP) is 3.74. The molecule has 0 amide bonds. The standard InChI is InChI=1S/C35H84N4O12Si4/c1-36-35(21-15-25-38(27-18-32-53(43-6,44-7)45-8)28-19-33-54(46-9,47-10)48-11)22-30-39(29-20-34-55(49-12,50-13)51-14)26-16-23-37(2)24-17-31-52(40-3,41-4)42-5/h35-36H,15-34H2,1-14H3. The third kappa shape index (κ3) is 21.4. The molecule has 0 aromatic rings. The molecule has 332 valence electrons. The molecule has 0 rings (SSSR count). The summed E-state index contributed by atoms with van der Waals surface area (Å²) >= 11 is 0. The van der Waals surface area contributed by atoms with Crippen LogP contribution in [0.5, 0.6) is 0 Å². The molecule has 20 heteroatoms. The minimum Gasteiger partial charge on any atom is -0.377 e. The first-order valence-corrected chi connectivity index (χ1v) is 27.6. The predicted molar refractivity (Wildman–Crippen MR) is 227 cm³/mol. The van der Waals surface area contributed by atoms with Gasteiger partial charge in [0.2, 0.25) is 0 Å². The molecule has 0 aromatic heterocycles. The van der Waals surface area contributed by atoms with Crippen molar-refractivity contribution in [3.8, 4) is 0 Å². The van der Waals surface area contributed by atoms with Crippen LogP contribution in [0.3, 0.4) is 0 Å². The molecular weight excluding hydrogens is 781 g/mol. The average molecular weight is 865 g/mol. The SMILES string of the molecule is CNC(CCCN(CCC[Si](OC)(OC)OC)CCC[Si](OC)(OC)OC)CCN(CCCN(C)CCC[Si](OC)(OC)OC)CCC[Si](OC)(OC)OC. The Labute approximate surface area is 340 Å². The van der Waals surface area contributed by atoms with Gasteiger partial charge in [0.15, 0.2) is 0 Å². The second-order valence-electron chi connectivity index (χ2n) is 13.9. The highest BCUT2D eigenvalue weighted by Gasteiger charge is 2.39. The van der Waals surface area contributed by atoms with Gasteiger partial charge in [0.05, 0.1) is 0 Å². The Morgan fingerprint density at radius 3 is 0.964 bits per heavy atom. The molecule has 0 radical (unpaired) electrons. The molecule has 0 aliphatic carbocycles. The van der Waals surface area contributed by atoms with Crippen LogP contribution in [-0.2, 0) is 53.1 Å². The molecule has 0 bridgehead atoms. The highest BCUT2D eigenvalue weighted by atomic mass is 28.4. The lowest BCUT2D eigenvalue weighted by Gasteiger charge is -2.29. The number of nitrogens with one attached hydrogen (secondary N) is 1. The fourth-order valence-corrected chi connectivity index (χ4v) is 13.8. The van der Waals surface area contributed by atoms with Gasteiger partial charge in [-0.3, -0.25) is 0 Å². The van der Waals surface area contributed by atoms with Gasteiger partial charge in [-0.05, 0) is 118 Å². The minimum atomic E-state index is -2.63. The van der Waals surface area contributed by atoms with Gasteiger partial charge in [0.1, 0.15) is 0 Å². The smallest absolute Gasteiger partial charge is 0.377 e. The van der Waals surface area contributed by atoms with E-state index in [1.54, 1.807) is 85.3 Å². The lowest BCUT2D eigenvalue weighted by molar-refractivity contribution is 0.118. The Kier molecular flexibility index (Phi) is 32.2. The first kappa shape index (κ1) is 55.2. The minimum absolute atomic E-state index is 0.412. The molecule has 0 saturated heterocycles. The molecule has 0 saturated carbocycles. The van der Waals surface area contributed by atoms with Crippen molar-refractivity contribution in [1.82, 2.24) is 20.0 Å². The van der Waals surface area contributed by atoms with Gasteiger partial charge < -0.3 is 73.1 Å². The molecule has 1 atom stereocenters. The summed E-state index contributed by atoms with van der Waals surface area (Å²) in [5, 5.41) is 3.61. The maximum Gasteiger partial charge on any atom is 0.500 e. The molecule has 0 aromatic carbocycles. The van der Waals surface area contributed by atoms with Crippen LogP contribution < -0.4 is 5.32 Å². The molecule has 0 spiro atoms. The molecule has 1 N–H and O–H groups in total. The summed E-state index contributed by atoms with van der Waals surface area (Å²) in [4.78, 5) is 7.52. The maximum atomic E-state index is 5.71. The number of rotatable bonds is 40. The average Bonchev–Trinajstić information content (AvgIpc) is 3.22. The van der Waals surface area contributed by atoms with E-state index in [0.29, 0.717) is 6.04 Å². The van der Waals surface area contributed by atoms with Crippen LogP contribution >= 0.6 is 0 Å². The maximum absolute atomic E-state index is 5.71. The second-order valence-corrected chi connectivity index (χ2v) is 26.2. The van der Waals surface area contributed by atoms with E-state index in [1.807, 2.05) is 0 Å². The van der Waals surface area contributed by atoms with Crippen LogP contribution in [0.4, 0.5) is 0 Å². The van der Waals surface area contributed by atoms with Crippen molar-refractivity contribution in [2.45, 2.75) is 81.6 Å². The van der Waals surface area contributed by atoms with Crippen LogP contribution in [0.25, 0.3) is 0 Å². The van der Waals surface area contributed by atoms with Crippen molar-refractivity contribution in [1.29, 1.82) is 0 Å². The molecule has 0 heterocycles. The summed E-state index contributed by atoms with van der Waals surface area (Å²) in [6.07, 6.45) is 8.10. The van der Waals surface area contributed by atoms with Crippen molar-refractivity contribution in [2.24, 2.45) is 0 Å². The monoisotopic (exact) mass is 865 g/mol. The van der Waals surface area contributed by atoms with Crippen molar-refractivity contribution in [2.75, 3.05) is 152 Å². The van der Waals surface area contributed by atoms with Crippen LogP contribution in [0.15, 0.2) is 0 Å². The zero-order valence-corrected chi connectivity index (χ0v) is 41.5. The molecule has 0 aliphatic heterocycles. The Morgan fingerprint density at radius 1 is 0.364 bits per heavy atom. The van der Waals surface area contributed by atoms with E-state index >= 15 is 0 Å². The van der Waals surface area contributed by atoms with E-state index in [2.05, 4.69) is 34.1 Å². The van der Waals surface area contributed by atoms with Gasteiger partial charge in [-0.25, -0.2) is 0 Å². The fourth-order valence-electron chi connectivity index (χ4n) is 7.03. The van der Waals surface area contributed by atoms with E-state index in [-0.39, 0.29) is 0 Å². The second kappa shape index (κ2) is 32.1. The Morgan fingerprint density at radius 2 is 0.636 bits per heavy atom. The molecule has 0 aliphatic rings. The summed E-state index contributed by atoms with van der Waals surface area (Å²) in [6, 6.07) is 3.54. The lowest BCUT2D eigenvalue weighted by Crippen LogP contribution is -2.44. The summed E-state index contributed by atoms with van der Waals surface area (Å²) < 4.78 is 68.0. The van der Waals surface area contributed by atoms with Gasteiger partial charge >= 0.3 is 35.2 Å². The first-order chi connectivity index (χ1) is 26.4. The van der Waals surface area contributed by atoms with Gasteiger partial charge in [-0.2, -0.15) is 0 Å². The van der Waals surface area contributed by atoms with Crippen molar-refractivity contribution in [3.63, 3.8) is 0 Å². The summed E-state index contributed by atoms with van der Waals surface area (Å²) in [6.45, 7) is 7.85. The van der Waals surface area contributed by atoms with E-state index in [0.717, 1.165) is 128 Å². The Hall–Kier alpha value is 0.228. The van der Waals surface area contributed by atoms with E-state index in [4.69, 9.17) is 53.1 Å². The Balaban J connectivity index is 5.40. The normalized spacial score (nSPS) is 13.9.